The molecule has 1 aliphatic heterocycles. The zero-order chi connectivity index (χ0) is 16.5. The average Bonchev–Trinajstić information content (AvgIpc) is 3.22. The first-order valence-corrected chi connectivity index (χ1v) is 9.89. The number of rotatable bonds is 3. The number of carbonyl (C=O) groups is 1. The first-order valence-electron chi connectivity index (χ1n) is 9.01. The number of fused-ring (bicyclic) bond motifs is 1. The van der Waals surface area contributed by atoms with Gasteiger partial charge >= 0.3 is 0 Å². The number of carbonyl (C=O) groups excluding carboxylic acids is 1. The lowest BCUT2D eigenvalue weighted by atomic mass is 9.95. The Balaban J connectivity index is 1.50. The quantitative estimate of drug-likeness (QED) is 0.816. The Labute approximate surface area is 147 Å². The van der Waals surface area contributed by atoms with Crippen LogP contribution in [-0.2, 0) is 11.2 Å². The smallest absolute Gasteiger partial charge is 0.223 e. The average molecular weight is 340 g/mol. The molecule has 4 rings (SSSR count). The molecule has 0 radical (unpaired) electrons. The monoisotopic (exact) mass is 340 g/mol. The van der Waals surface area contributed by atoms with Crippen LogP contribution >= 0.6 is 11.3 Å². The molecule has 0 unspecified atom stereocenters. The fourth-order valence-electron chi connectivity index (χ4n) is 4.20. The van der Waals surface area contributed by atoms with E-state index in [9.17, 15) is 4.79 Å². The second-order valence-corrected chi connectivity index (χ2v) is 7.95. The van der Waals surface area contributed by atoms with Gasteiger partial charge in [-0.3, -0.25) is 4.79 Å². The number of nitrogens with zero attached hydrogens (tertiary/aromatic N) is 2. The molecule has 24 heavy (non-hydrogen) atoms. The summed E-state index contributed by atoms with van der Waals surface area (Å²) in [6, 6.07) is 8.82. The van der Waals surface area contributed by atoms with E-state index in [1.165, 1.54) is 17.5 Å². The Hall–Kier alpha value is -1.68. The maximum Gasteiger partial charge on any atom is 0.223 e. The highest BCUT2D eigenvalue weighted by Crippen LogP contribution is 2.38. The van der Waals surface area contributed by atoms with Gasteiger partial charge in [-0.1, -0.05) is 24.3 Å². The summed E-state index contributed by atoms with van der Waals surface area (Å²) in [4.78, 5) is 19.8. The van der Waals surface area contributed by atoms with Crippen molar-refractivity contribution >= 4 is 17.2 Å². The Kier molecular flexibility index (Phi) is 4.40. The van der Waals surface area contributed by atoms with Crippen LogP contribution in [0.3, 0.4) is 0 Å². The maximum absolute atomic E-state index is 13.1. The topological polar surface area (TPSA) is 33.2 Å². The summed E-state index contributed by atoms with van der Waals surface area (Å²) in [5, 5.41) is 3.21. The number of hydrogen-bond acceptors (Lipinski definition) is 3. The minimum absolute atomic E-state index is 0.196. The van der Waals surface area contributed by atoms with E-state index < -0.39 is 0 Å². The van der Waals surface area contributed by atoms with Crippen LogP contribution in [0.5, 0.6) is 0 Å². The Morgan fingerprint density at radius 1 is 1.29 bits per heavy atom. The van der Waals surface area contributed by atoms with Gasteiger partial charge in [0.1, 0.15) is 5.01 Å². The van der Waals surface area contributed by atoms with E-state index in [0.29, 0.717) is 18.2 Å². The molecule has 0 N–H and O–H groups in total. The van der Waals surface area contributed by atoms with Gasteiger partial charge in [-0.2, -0.15) is 0 Å². The second-order valence-electron chi connectivity index (χ2n) is 7.06. The fourth-order valence-corrected chi connectivity index (χ4v) is 5.14. The molecule has 1 amide bonds. The van der Waals surface area contributed by atoms with Crippen LogP contribution in [0.4, 0.5) is 0 Å². The number of aryl methyl sites for hydroxylation is 2. The standard InChI is InChI=1S/C20H24N2OS/c1-14-13-24-20(21-14)18-8-4-5-11-22(18)19(23)12-16-10-9-15-6-2-3-7-17(15)16/h2-3,6-7,13,16,18H,4-5,8-12H2,1H3/t16-,18+/m1/s1. The SMILES string of the molecule is Cc1csc([C@@H]2CCCCN2C(=O)C[C@H]2CCc3ccccc32)n1. The highest BCUT2D eigenvalue weighted by molar-refractivity contribution is 7.09. The largest absolute Gasteiger partial charge is 0.333 e. The summed E-state index contributed by atoms with van der Waals surface area (Å²) < 4.78 is 0. The van der Waals surface area contributed by atoms with Gasteiger partial charge < -0.3 is 4.90 Å². The molecule has 2 heterocycles. The predicted octanol–water partition coefficient (Wildman–Crippen LogP) is 4.63. The lowest BCUT2D eigenvalue weighted by Gasteiger charge is -2.35. The van der Waals surface area contributed by atoms with E-state index in [2.05, 4.69) is 39.5 Å². The zero-order valence-electron chi connectivity index (χ0n) is 14.2. The normalized spacial score (nSPS) is 23.3. The van der Waals surface area contributed by atoms with E-state index in [0.717, 1.165) is 42.9 Å². The summed E-state index contributed by atoms with van der Waals surface area (Å²) in [5.41, 5.74) is 3.89. The van der Waals surface area contributed by atoms with E-state index in [1.807, 2.05) is 6.92 Å². The van der Waals surface area contributed by atoms with E-state index >= 15 is 0 Å². The first kappa shape index (κ1) is 15.8. The van der Waals surface area contributed by atoms with Crippen molar-refractivity contribution in [3.05, 3.63) is 51.5 Å². The Bertz CT molecular complexity index is 739. The third kappa shape index (κ3) is 3.00. The minimum Gasteiger partial charge on any atom is -0.333 e. The van der Waals surface area contributed by atoms with Gasteiger partial charge in [-0.05, 0) is 56.1 Å². The van der Waals surface area contributed by atoms with Crippen molar-refractivity contribution in [3.8, 4) is 0 Å². The molecule has 0 spiro atoms. The second kappa shape index (κ2) is 6.67. The maximum atomic E-state index is 13.1. The molecule has 1 aromatic carbocycles. The summed E-state index contributed by atoms with van der Waals surface area (Å²) in [7, 11) is 0. The number of hydrogen-bond donors (Lipinski definition) is 0. The van der Waals surface area contributed by atoms with Crippen LogP contribution in [0, 0.1) is 6.92 Å². The summed E-state index contributed by atoms with van der Waals surface area (Å²) in [6.45, 7) is 2.92. The number of thiazole rings is 1. The lowest BCUT2D eigenvalue weighted by molar-refractivity contribution is -0.135. The molecule has 2 aliphatic rings. The third-order valence-corrected chi connectivity index (χ3v) is 6.49. The van der Waals surface area contributed by atoms with Crippen LogP contribution in [0.2, 0.25) is 0 Å². The molecule has 3 nitrogen and oxygen atoms in total. The Morgan fingerprint density at radius 2 is 2.17 bits per heavy atom. The van der Waals surface area contributed by atoms with Gasteiger partial charge in [0.15, 0.2) is 0 Å². The van der Waals surface area contributed by atoms with Crippen molar-refractivity contribution in [2.45, 2.75) is 57.4 Å². The van der Waals surface area contributed by atoms with Crippen molar-refractivity contribution in [3.63, 3.8) is 0 Å². The number of likely N-dealkylation sites (tertiary alicyclic amines) is 1. The van der Waals surface area contributed by atoms with Crippen molar-refractivity contribution in [1.82, 2.24) is 9.88 Å². The van der Waals surface area contributed by atoms with E-state index in [4.69, 9.17) is 0 Å². The van der Waals surface area contributed by atoms with Crippen molar-refractivity contribution in [2.24, 2.45) is 0 Å². The zero-order valence-corrected chi connectivity index (χ0v) is 15.0. The predicted molar refractivity (Wildman–Crippen MR) is 97.3 cm³/mol. The molecule has 2 aromatic rings. The molecule has 1 saturated heterocycles. The van der Waals surface area contributed by atoms with Crippen molar-refractivity contribution in [2.75, 3.05) is 6.54 Å². The molecule has 2 atom stereocenters. The fraction of sp³-hybridized carbons (Fsp3) is 0.500. The molecule has 1 aromatic heterocycles. The lowest BCUT2D eigenvalue weighted by Crippen LogP contribution is -2.39. The van der Waals surface area contributed by atoms with Crippen molar-refractivity contribution in [1.29, 1.82) is 0 Å². The molecule has 126 valence electrons. The molecule has 0 saturated carbocycles. The summed E-state index contributed by atoms with van der Waals surface area (Å²) >= 11 is 1.70. The Morgan fingerprint density at radius 3 is 3.00 bits per heavy atom. The number of amides is 1. The van der Waals surface area contributed by atoms with Crippen LogP contribution < -0.4 is 0 Å². The van der Waals surface area contributed by atoms with E-state index in [-0.39, 0.29) is 6.04 Å². The molecule has 4 heteroatoms. The molecule has 0 bridgehead atoms. The van der Waals surface area contributed by atoms with Crippen LogP contribution in [0.15, 0.2) is 29.6 Å². The van der Waals surface area contributed by atoms with Gasteiger partial charge in [0.25, 0.3) is 0 Å². The van der Waals surface area contributed by atoms with Crippen LogP contribution in [0.1, 0.15) is 65.9 Å². The van der Waals surface area contributed by atoms with Crippen molar-refractivity contribution < 1.29 is 4.79 Å². The highest BCUT2D eigenvalue weighted by Gasteiger charge is 2.32. The molecule has 1 fully saturated rings. The number of piperidine rings is 1. The van der Waals surface area contributed by atoms with Gasteiger partial charge in [0.2, 0.25) is 5.91 Å². The number of aromatic nitrogens is 1. The third-order valence-electron chi connectivity index (χ3n) is 5.42. The van der Waals surface area contributed by atoms with Gasteiger partial charge in [-0.15, -0.1) is 11.3 Å². The number of benzene rings is 1. The summed E-state index contributed by atoms with van der Waals surface area (Å²) in [5.74, 6) is 0.712. The van der Waals surface area contributed by atoms with Gasteiger partial charge in [-0.25, -0.2) is 4.98 Å². The first-order chi connectivity index (χ1) is 11.7. The minimum atomic E-state index is 0.196. The van der Waals surface area contributed by atoms with Crippen LogP contribution in [0.25, 0.3) is 0 Å². The summed E-state index contributed by atoms with van der Waals surface area (Å²) in [6.07, 6.45) is 6.24. The highest BCUT2D eigenvalue weighted by atomic mass is 32.1. The molecular weight excluding hydrogens is 316 g/mol. The van der Waals surface area contributed by atoms with Crippen LogP contribution in [-0.4, -0.2) is 22.3 Å². The molecular formula is C20H24N2OS. The van der Waals surface area contributed by atoms with Gasteiger partial charge in [0.05, 0.1) is 6.04 Å². The van der Waals surface area contributed by atoms with Gasteiger partial charge in [0, 0.05) is 24.0 Å². The van der Waals surface area contributed by atoms with E-state index in [1.54, 1.807) is 11.3 Å². The molecule has 1 aliphatic carbocycles.